The van der Waals surface area contributed by atoms with Crippen LogP contribution in [0.5, 0.6) is 0 Å². The maximum atomic E-state index is 13.9. The van der Waals surface area contributed by atoms with E-state index in [9.17, 15) is 9.18 Å². The third kappa shape index (κ3) is 1.86. The van der Waals surface area contributed by atoms with Crippen LogP contribution < -0.4 is 5.32 Å². The molecule has 1 amide bonds. The molecule has 2 fully saturated rings. The second kappa shape index (κ2) is 4.63. The van der Waals surface area contributed by atoms with Gasteiger partial charge in [0.15, 0.2) is 0 Å². The summed E-state index contributed by atoms with van der Waals surface area (Å²) < 4.78 is 14.3. The van der Waals surface area contributed by atoms with Gasteiger partial charge in [0.1, 0.15) is 5.82 Å². The van der Waals surface area contributed by atoms with Gasteiger partial charge in [0.2, 0.25) is 0 Å². The Morgan fingerprint density at radius 3 is 3.11 bits per heavy atom. The molecule has 96 valence electrons. The summed E-state index contributed by atoms with van der Waals surface area (Å²) in [5.74, 6) is -0.119. The van der Waals surface area contributed by atoms with Crippen molar-refractivity contribution < 1.29 is 9.18 Å². The van der Waals surface area contributed by atoms with Crippen LogP contribution in [0.15, 0.2) is 22.7 Å². The van der Waals surface area contributed by atoms with E-state index >= 15 is 0 Å². The molecule has 0 radical (unpaired) electrons. The maximum absolute atomic E-state index is 13.9. The number of nitrogens with one attached hydrogen (secondary N) is 1. The van der Waals surface area contributed by atoms with Crippen molar-refractivity contribution in [1.82, 2.24) is 10.2 Å². The Morgan fingerprint density at radius 1 is 1.44 bits per heavy atom. The van der Waals surface area contributed by atoms with Gasteiger partial charge in [0.05, 0.1) is 10.0 Å². The molecule has 5 heteroatoms. The molecule has 1 aromatic carbocycles. The van der Waals surface area contributed by atoms with Crippen molar-refractivity contribution in [2.24, 2.45) is 5.92 Å². The summed E-state index contributed by atoms with van der Waals surface area (Å²) in [5.41, 5.74) is 0.164. The summed E-state index contributed by atoms with van der Waals surface area (Å²) in [4.78, 5) is 14.2. The highest BCUT2D eigenvalue weighted by molar-refractivity contribution is 9.10. The second-order valence-corrected chi connectivity index (χ2v) is 5.73. The minimum Gasteiger partial charge on any atom is -0.334 e. The second-order valence-electron chi connectivity index (χ2n) is 4.87. The first-order valence-electron chi connectivity index (χ1n) is 6.14. The Balaban J connectivity index is 1.88. The van der Waals surface area contributed by atoms with Crippen molar-refractivity contribution in [3.8, 4) is 0 Å². The van der Waals surface area contributed by atoms with Crippen LogP contribution in [0, 0.1) is 11.7 Å². The van der Waals surface area contributed by atoms with E-state index in [2.05, 4.69) is 21.2 Å². The number of rotatable bonds is 1. The summed E-state index contributed by atoms with van der Waals surface area (Å²) in [6, 6.07) is 5.09. The van der Waals surface area contributed by atoms with E-state index in [1.54, 1.807) is 18.2 Å². The third-order valence-electron chi connectivity index (χ3n) is 3.89. The first kappa shape index (κ1) is 12.1. The van der Waals surface area contributed by atoms with E-state index < -0.39 is 5.82 Å². The molecule has 18 heavy (non-hydrogen) atoms. The van der Waals surface area contributed by atoms with Crippen LogP contribution in [-0.4, -0.2) is 36.5 Å². The number of benzene rings is 1. The molecule has 0 bridgehead atoms. The Labute approximate surface area is 113 Å². The van der Waals surface area contributed by atoms with Crippen molar-refractivity contribution in [3.05, 3.63) is 34.1 Å². The molecule has 2 aliphatic heterocycles. The Morgan fingerprint density at radius 2 is 2.28 bits per heavy atom. The van der Waals surface area contributed by atoms with Gasteiger partial charge in [0, 0.05) is 25.7 Å². The quantitative estimate of drug-likeness (QED) is 0.860. The van der Waals surface area contributed by atoms with E-state index in [0.717, 1.165) is 26.1 Å². The summed E-state index contributed by atoms with van der Waals surface area (Å²) in [7, 11) is 0. The molecule has 2 saturated heterocycles. The zero-order chi connectivity index (χ0) is 12.7. The molecular weight excluding hydrogens is 299 g/mol. The van der Waals surface area contributed by atoms with Gasteiger partial charge in [-0.05, 0) is 40.4 Å². The first-order chi connectivity index (χ1) is 8.68. The summed E-state index contributed by atoms with van der Waals surface area (Å²) in [6.07, 6.45) is 1.01. The molecule has 0 saturated carbocycles. The summed E-state index contributed by atoms with van der Waals surface area (Å²) in [5, 5.41) is 3.29. The fourth-order valence-corrected chi connectivity index (χ4v) is 3.29. The number of amides is 1. The van der Waals surface area contributed by atoms with Gasteiger partial charge in [0.25, 0.3) is 5.91 Å². The zero-order valence-corrected chi connectivity index (χ0v) is 11.4. The SMILES string of the molecule is O=C(c1cccc(Br)c1F)N1CC[C@H]2CNC[C@H]21. The molecule has 0 aromatic heterocycles. The standard InChI is InChI=1S/C13H14BrFN2O/c14-10-3-1-2-9(12(10)15)13(18)17-5-4-8-6-16-7-11(8)17/h1-3,8,11,16H,4-7H2/t8-,11+/m0/s1. The number of carbonyl (C=O) groups is 1. The van der Waals surface area contributed by atoms with Gasteiger partial charge in [-0.1, -0.05) is 6.07 Å². The van der Waals surface area contributed by atoms with Crippen LogP contribution in [0.3, 0.4) is 0 Å². The summed E-state index contributed by atoms with van der Waals surface area (Å²) >= 11 is 3.12. The summed E-state index contributed by atoms with van der Waals surface area (Å²) in [6.45, 7) is 2.53. The van der Waals surface area contributed by atoms with E-state index in [4.69, 9.17) is 0 Å². The smallest absolute Gasteiger partial charge is 0.257 e. The highest BCUT2D eigenvalue weighted by Crippen LogP contribution is 2.29. The molecular formula is C13H14BrFN2O. The zero-order valence-electron chi connectivity index (χ0n) is 9.83. The number of fused-ring (bicyclic) bond motifs is 1. The number of likely N-dealkylation sites (tertiary alicyclic amines) is 1. The van der Waals surface area contributed by atoms with Gasteiger partial charge in [-0.3, -0.25) is 4.79 Å². The predicted octanol–water partition coefficient (Wildman–Crippen LogP) is 2.02. The number of carbonyl (C=O) groups excluding carboxylic acids is 1. The van der Waals surface area contributed by atoms with Crippen LogP contribution >= 0.6 is 15.9 Å². The number of hydrogen-bond acceptors (Lipinski definition) is 2. The lowest BCUT2D eigenvalue weighted by Gasteiger charge is -2.23. The molecule has 2 heterocycles. The van der Waals surface area contributed by atoms with E-state index in [0.29, 0.717) is 10.4 Å². The Bertz CT molecular complexity index is 494. The monoisotopic (exact) mass is 312 g/mol. The Hall–Kier alpha value is -0.940. The van der Waals surface area contributed by atoms with Gasteiger partial charge >= 0.3 is 0 Å². The van der Waals surface area contributed by atoms with E-state index in [-0.39, 0.29) is 17.5 Å². The minimum atomic E-state index is -0.461. The highest BCUT2D eigenvalue weighted by atomic mass is 79.9. The van der Waals surface area contributed by atoms with Crippen LogP contribution in [0.1, 0.15) is 16.8 Å². The average molecular weight is 313 g/mol. The van der Waals surface area contributed by atoms with E-state index in [1.807, 2.05) is 4.90 Å². The molecule has 1 N–H and O–H groups in total. The van der Waals surface area contributed by atoms with Crippen LogP contribution in [0.2, 0.25) is 0 Å². The number of nitrogens with zero attached hydrogens (tertiary/aromatic N) is 1. The van der Waals surface area contributed by atoms with Gasteiger partial charge in [-0.15, -0.1) is 0 Å². The lowest BCUT2D eigenvalue weighted by atomic mass is 10.0. The largest absolute Gasteiger partial charge is 0.334 e. The minimum absolute atomic E-state index is 0.164. The molecule has 1 aromatic rings. The molecule has 2 aliphatic rings. The van der Waals surface area contributed by atoms with Crippen LogP contribution in [0.4, 0.5) is 4.39 Å². The number of hydrogen-bond donors (Lipinski definition) is 1. The van der Waals surface area contributed by atoms with Crippen molar-refractivity contribution in [3.63, 3.8) is 0 Å². The van der Waals surface area contributed by atoms with Crippen molar-refractivity contribution >= 4 is 21.8 Å². The van der Waals surface area contributed by atoms with Gasteiger partial charge < -0.3 is 10.2 Å². The normalized spacial score (nSPS) is 26.4. The molecule has 0 aliphatic carbocycles. The fraction of sp³-hybridized carbons (Fsp3) is 0.462. The lowest BCUT2D eigenvalue weighted by molar-refractivity contribution is 0.0732. The molecule has 0 unspecified atom stereocenters. The topological polar surface area (TPSA) is 32.3 Å². The van der Waals surface area contributed by atoms with Crippen molar-refractivity contribution in [2.75, 3.05) is 19.6 Å². The van der Waals surface area contributed by atoms with Crippen molar-refractivity contribution in [1.29, 1.82) is 0 Å². The molecule has 3 nitrogen and oxygen atoms in total. The van der Waals surface area contributed by atoms with Crippen LogP contribution in [0.25, 0.3) is 0 Å². The predicted molar refractivity (Wildman–Crippen MR) is 69.9 cm³/mol. The highest BCUT2D eigenvalue weighted by Gasteiger charge is 2.40. The average Bonchev–Trinajstić information content (AvgIpc) is 2.94. The molecule has 0 spiro atoms. The fourth-order valence-electron chi connectivity index (χ4n) is 2.93. The molecule has 3 rings (SSSR count). The molecule has 2 atom stereocenters. The van der Waals surface area contributed by atoms with Gasteiger partial charge in [-0.2, -0.15) is 0 Å². The first-order valence-corrected chi connectivity index (χ1v) is 6.93. The van der Waals surface area contributed by atoms with Crippen molar-refractivity contribution in [2.45, 2.75) is 12.5 Å². The van der Waals surface area contributed by atoms with Crippen LogP contribution in [-0.2, 0) is 0 Å². The Kier molecular flexibility index (Phi) is 3.11. The third-order valence-corrected chi connectivity index (χ3v) is 4.50. The lowest BCUT2D eigenvalue weighted by Crippen LogP contribution is -2.39. The number of halogens is 2. The van der Waals surface area contributed by atoms with E-state index in [1.165, 1.54) is 0 Å². The maximum Gasteiger partial charge on any atom is 0.257 e. The van der Waals surface area contributed by atoms with Gasteiger partial charge in [-0.25, -0.2) is 4.39 Å².